The average Bonchev–Trinajstić information content (AvgIpc) is 2.79. The van der Waals surface area contributed by atoms with Gasteiger partial charge in [-0.2, -0.15) is 13.2 Å². The number of amides is 1. The molecular weight excluding hydrogens is 424 g/mol. The fourth-order valence-electron chi connectivity index (χ4n) is 4.24. The molecule has 2 heterocycles. The Kier molecular flexibility index (Phi) is 6.55. The number of hydrogen-bond acceptors (Lipinski definition) is 4. The molecule has 0 unspecified atom stereocenters. The molecule has 0 aromatic heterocycles. The Bertz CT molecular complexity index is 936. The zero-order chi connectivity index (χ0) is 22.7. The van der Waals surface area contributed by atoms with Crippen LogP contribution < -0.4 is 9.80 Å². The normalized spacial score (nSPS) is 18.2. The monoisotopic (exact) mass is 450 g/mol. The van der Waals surface area contributed by atoms with Crippen LogP contribution in [0.15, 0.2) is 48.5 Å². The van der Waals surface area contributed by atoms with Gasteiger partial charge in [-0.15, -0.1) is 0 Å². The van der Waals surface area contributed by atoms with Crippen LogP contribution in [0.5, 0.6) is 0 Å². The van der Waals surface area contributed by atoms with Crippen LogP contribution in [0, 0.1) is 5.82 Å². The zero-order valence-corrected chi connectivity index (χ0v) is 17.7. The highest BCUT2D eigenvalue weighted by Crippen LogP contribution is 2.32. The Morgan fingerprint density at radius 2 is 1.47 bits per heavy atom. The number of piperazine rings is 2. The zero-order valence-electron chi connectivity index (χ0n) is 17.7. The molecule has 0 bridgehead atoms. The van der Waals surface area contributed by atoms with E-state index in [9.17, 15) is 22.4 Å². The number of rotatable bonds is 4. The number of benzene rings is 2. The van der Waals surface area contributed by atoms with Gasteiger partial charge in [-0.3, -0.25) is 9.69 Å². The van der Waals surface area contributed by atoms with Gasteiger partial charge in [0, 0.05) is 58.0 Å². The van der Waals surface area contributed by atoms with Crippen molar-refractivity contribution in [2.45, 2.75) is 6.18 Å². The molecule has 2 aromatic carbocycles. The van der Waals surface area contributed by atoms with E-state index in [1.807, 2.05) is 14.7 Å². The molecule has 2 aliphatic rings. The highest BCUT2D eigenvalue weighted by molar-refractivity contribution is 5.78. The van der Waals surface area contributed by atoms with Crippen molar-refractivity contribution in [2.24, 2.45) is 0 Å². The number of halogens is 4. The second kappa shape index (κ2) is 9.36. The summed E-state index contributed by atoms with van der Waals surface area (Å²) in [6.07, 6.45) is -4.36. The molecule has 32 heavy (non-hydrogen) atoms. The predicted octanol–water partition coefficient (Wildman–Crippen LogP) is 3.32. The molecule has 2 fully saturated rings. The number of alkyl halides is 3. The van der Waals surface area contributed by atoms with Gasteiger partial charge in [0.15, 0.2) is 0 Å². The van der Waals surface area contributed by atoms with Crippen molar-refractivity contribution in [3.05, 3.63) is 59.9 Å². The average molecular weight is 450 g/mol. The van der Waals surface area contributed by atoms with Crippen molar-refractivity contribution < 1.29 is 22.4 Å². The first kappa shape index (κ1) is 22.4. The van der Waals surface area contributed by atoms with E-state index >= 15 is 0 Å². The van der Waals surface area contributed by atoms with Crippen LogP contribution in [-0.2, 0) is 11.0 Å². The number of nitrogens with zero attached hydrogens (tertiary/aromatic N) is 4. The Morgan fingerprint density at radius 1 is 0.812 bits per heavy atom. The maximum absolute atomic E-state index is 14.0. The van der Waals surface area contributed by atoms with Gasteiger partial charge < -0.3 is 14.7 Å². The fraction of sp³-hybridized carbons (Fsp3) is 0.435. The van der Waals surface area contributed by atoms with Gasteiger partial charge in [-0.1, -0.05) is 18.2 Å². The van der Waals surface area contributed by atoms with Crippen molar-refractivity contribution >= 4 is 17.3 Å². The highest BCUT2D eigenvalue weighted by atomic mass is 19.4. The fourth-order valence-corrected chi connectivity index (χ4v) is 4.24. The van der Waals surface area contributed by atoms with Gasteiger partial charge in [0.1, 0.15) is 5.82 Å². The largest absolute Gasteiger partial charge is 0.416 e. The molecule has 0 atom stereocenters. The van der Waals surface area contributed by atoms with Crippen LogP contribution in [-0.4, -0.2) is 74.6 Å². The van der Waals surface area contributed by atoms with Crippen LogP contribution in [0.2, 0.25) is 0 Å². The van der Waals surface area contributed by atoms with Crippen LogP contribution in [0.3, 0.4) is 0 Å². The Labute approximate surface area is 184 Å². The van der Waals surface area contributed by atoms with E-state index in [2.05, 4.69) is 0 Å². The summed E-state index contributed by atoms with van der Waals surface area (Å²) >= 11 is 0. The van der Waals surface area contributed by atoms with Gasteiger partial charge in [0.25, 0.3) is 0 Å². The van der Waals surface area contributed by atoms with Crippen molar-refractivity contribution in [2.75, 3.05) is 68.7 Å². The summed E-state index contributed by atoms with van der Waals surface area (Å²) in [6.45, 7) is 4.87. The molecule has 4 rings (SSSR count). The molecule has 1 amide bonds. The predicted molar refractivity (Wildman–Crippen MR) is 115 cm³/mol. The standard InChI is InChI=1S/C23H26F4N4O/c24-20-6-1-2-7-21(20)30-12-14-31(15-13-30)22(32)17-28-8-10-29(11-9-28)19-5-3-4-18(16-19)23(25,26)27/h1-7,16H,8-15,17H2. The van der Waals surface area contributed by atoms with Crippen molar-refractivity contribution in [3.8, 4) is 0 Å². The van der Waals surface area contributed by atoms with Crippen LogP contribution >= 0.6 is 0 Å². The third-order valence-electron chi connectivity index (χ3n) is 6.10. The minimum atomic E-state index is -4.36. The Balaban J connectivity index is 1.25. The van der Waals surface area contributed by atoms with E-state index in [0.29, 0.717) is 63.7 Å². The summed E-state index contributed by atoms with van der Waals surface area (Å²) in [5, 5.41) is 0. The third-order valence-corrected chi connectivity index (χ3v) is 6.10. The van der Waals surface area contributed by atoms with Crippen molar-refractivity contribution in [1.82, 2.24) is 9.80 Å². The van der Waals surface area contributed by atoms with Gasteiger partial charge in [0.05, 0.1) is 17.8 Å². The summed E-state index contributed by atoms with van der Waals surface area (Å²) in [5.41, 5.74) is 0.461. The van der Waals surface area contributed by atoms with E-state index in [4.69, 9.17) is 0 Å². The smallest absolute Gasteiger partial charge is 0.369 e. The van der Waals surface area contributed by atoms with E-state index in [-0.39, 0.29) is 18.3 Å². The van der Waals surface area contributed by atoms with E-state index in [0.717, 1.165) is 6.07 Å². The lowest BCUT2D eigenvalue weighted by Crippen LogP contribution is -2.54. The molecule has 0 N–H and O–H groups in total. The molecule has 0 saturated carbocycles. The summed E-state index contributed by atoms with van der Waals surface area (Å²) in [6, 6.07) is 12.0. The highest BCUT2D eigenvalue weighted by Gasteiger charge is 2.31. The molecule has 172 valence electrons. The number of hydrogen-bond donors (Lipinski definition) is 0. The summed E-state index contributed by atoms with van der Waals surface area (Å²) < 4.78 is 52.9. The van der Waals surface area contributed by atoms with E-state index < -0.39 is 11.7 Å². The lowest BCUT2D eigenvalue weighted by atomic mass is 10.1. The minimum Gasteiger partial charge on any atom is -0.369 e. The van der Waals surface area contributed by atoms with Gasteiger partial charge in [0.2, 0.25) is 5.91 Å². The molecule has 0 radical (unpaired) electrons. The molecule has 2 saturated heterocycles. The van der Waals surface area contributed by atoms with Gasteiger partial charge in [-0.25, -0.2) is 4.39 Å². The maximum atomic E-state index is 14.0. The molecule has 9 heteroatoms. The van der Waals surface area contributed by atoms with Crippen molar-refractivity contribution in [3.63, 3.8) is 0 Å². The molecule has 2 aliphatic heterocycles. The van der Waals surface area contributed by atoms with Crippen LogP contribution in [0.4, 0.5) is 28.9 Å². The van der Waals surface area contributed by atoms with Gasteiger partial charge in [-0.05, 0) is 30.3 Å². The van der Waals surface area contributed by atoms with E-state index in [1.165, 1.54) is 18.2 Å². The Morgan fingerprint density at radius 3 is 2.12 bits per heavy atom. The number of carbonyl (C=O) groups excluding carboxylic acids is 1. The first-order valence-corrected chi connectivity index (χ1v) is 10.7. The van der Waals surface area contributed by atoms with Crippen LogP contribution in [0.25, 0.3) is 0 Å². The first-order valence-electron chi connectivity index (χ1n) is 10.7. The lowest BCUT2D eigenvalue weighted by molar-refractivity contribution is -0.137. The number of anilines is 2. The molecule has 5 nitrogen and oxygen atoms in total. The van der Waals surface area contributed by atoms with Crippen LogP contribution in [0.1, 0.15) is 5.56 Å². The SMILES string of the molecule is O=C(CN1CCN(c2cccc(C(F)(F)F)c2)CC1)N1CCN(c2ccccc2F)CC1. The topological polar surface area (TPSA) is 30.0 Å². The number of carbonyl (C=O) groups is 1. The molecule has 0 spiro atoms. The Hall–Kier alpha value is -2.81. The molecule has 0 aliphatic carbocycles. The quantitative estimate of drug-likeness (QED) is 0.669. The summed E-state index contributed by atoms with van der Waals surface area (Å²) in [7, 11) is 0. The second-order valence-electron chi connectivity index (χ2n) is 8.13. The second-order valence-corrected chi connectivity index (χ2v) is 8.13. The summed E-state index contributed by atoms with van der Waals surface area (Å²) in [4.78, 5) is 20.4. The molecular formula is C23H26F4N4O. The third kappa shape index (κ3) is 5.15. The van der Waals surface area contributed by atoms with E-state index in [1.54, 1.807) is 29.2 Å². The summed E-state index contributed by atoms with van der Waals surface area (Å²) in [5.74, 6) is -0.225. The lowest BCUT2D eigenvalue weighted by Gasteiger charge is -2.39. The molecule has 2 aromatic rings. The van der Waals surface area contributed by atoms with Crippen molar-refractivity contribution in [1.29, 1.82) is 0 Å². The first-order chi connectivity index (χ1) is 15.3. The maximum Gasteiger partial charge on any atom is 0.416 e. The number of para-hydroxylation sites is 1. The minimum absolute atomic E-state index is 0.0331. The van der Waals surface area contributed by atoms with Gasteiger partial charge >= 0.3 is 6.18 Å².